The summed E-state index contributed by atoms with van der Waals surface area (Å²) in [6.45, 7) is 2.25. The molecule has 108 valence electrons. The molecule has 3 rings (SSSR count). The van der Waals surface area contributed by atoms with Crippen LogP contribution in [0.3, 0.4) is 0 Å². The topological polar surface area (TPSA) is 43.6 Å². The van der Waals surface area contributed by atoms with Crippen molar-refractivity contribution in [3.05, 3.63) is 30.0 Å². The second-order valence-electron chi connectivity index (χ2n) is 5.28. The molecule has 0 aliphatic heterocycles. The minimum absolute atomic E-state index is 0.660. The van der Waals surface area contributed by atoms with Gasteiger partial charge in [-0.3, -0.25) is 0 Å². The van der Waals surface area contributed by atoms with Crippen molar-refractivity contribution in [1.82, 2.24) is 5.32 Å². The van der Waals surface area contributed by atoms with Crippen molar-refractivity contribution in [3.8, 4) is 5.75 Å². The zero-order valence-corrected chi connectivity index (χ0v) is 11.9. The van der Waals surface area contributed by atoms with Gasteiger partial charge < -0.3 is 19.2 Å². The van der Waals surface area contributed by atoms with Gasteiger partial charge in [0.25, 0.3) is 0 Å². The second kappa shape index (κ2) is 6.29. The van der Waals surface area contributed by atoms with E-state index in [9.17, 15) is 0 Å². The third-order valence-electron chi connectivity index (χ3n) is 3.52. The molecule has 2 aromatic rings. The first-order valence-corrected chi connectivity index (χ1v) is 7.22. The van der Waals surface area contributed by atoms with Crippen LogP contribution in [0.25, 0.3) is 11.0 Å². The molecule has 1 saturated carbocycles. The van der Waals surface area contributed by atoms with Crippen LogP contribution < -0.4 is 10.1 Å². The fourth-order valence-corrected chi connectivity index (χ4v) is 2.25. The van der Waals surface area contributed by atoms with Gasteiger partial charge in [-0.15, -0.1) is 0 Å². The lowest BCUT2D eigenvalue weighted by atomic mass is 10.1. The zero-order chi connectivity index (χ0) is 13.8. The largest absolute Gasteiger partial charge is 0.493 e. The number of hydrogen-bond acceptors (Lipinski definition) is 4. The quantitative estimate of drug-likeness (QED) is 0.752. The van der Waals surface area contributed by atoms with Crippen molar-refractivity contribution >= 4 is 11.0 Å². The molecule has 1 fully saturated rings. The number of benzene rings is 1. The van der Waals surface area contributed by atoms with Crippen LogP contribution in [0.4, 0.5) is 0 Å². The summed E-state index contributed by atoms with van der Waals surface area (Å²) < 4.78 is 16.4. The van der Waals surface area contributed by atoms with Gasteiger partial charge in [0.1, 0.15) is 11.3 Å². The molecule has 1 heterocycles. The molecule has 0 amide bonds. The standard InChI is InChI=1S/C16H21NO3/c1-18-6-2-7-19-15-9-12(11-17-13-3-4-13)10-16-14(15)5-8-20-16/h5,8-10,13,17H,2-4,6-7,11H2,1H3. The van der Waals surface area contributed by atoms with Gasteiger partial charge in [-0.25, -0.2) is 0 Å². The van der Waals surface area contributed by atoms with Gasteiger partial charge >= 0.3 is 0 Å². The minimum Gasteiger partial charge on any atom is -0.493 e. The number of nitrogens with one attached hydrogen (secondary N) is 1. The lowest BCUT2D eigenvalue weighted by Crippen LogP contribution is -2.15. The Balaban J connectivity index is 1.71. The fourth-order valence-electron chi connectivity index (χ4n) is 2.25. The highest BCUT2D eigenvalue weighted by atomic mass is 16.5. The van der Waals surface area contributed by atoms with Gasteiger partial charge in [-0.05, 0) is 36.6 Å². The van der Waals surface area contributed by atoms with Crippen molar-refractivity contribution < 1.29 is 13.9 Å². The third-order valence-corrected chi connectivity index (χ3v) is 3.52. The molecule has 20 heavy (non-hydrogen) atoms. The van der Waals surface area contributed by atoms with Crippen LogP contribution >= 0.6 is 0 Å². The molecule has 1 aromatic carbocycles. The lowest BCUT2D eigenvalue weighted by Gasteiger charge is -2.10. The normalized spacial score (nSPS) is 14.8. The van der Waals surface area contributed by atoms with E-state index < -0.39 is 0 Å². The maximum atomic E-state index is 5.88. The van der Waals surface area contributed by atoms with Crippen LogP contribution in [-0.2, 0) is 11.3 Å². The van der Waals surface area contributed by atoms with E-state index in [0.29, 0.717) is 12.6 Å². The summed E-state index contributed by atoms with van der Waals surface area (Å²) in [6.07, 6.45) is 5.19. The Morgan fingerprint density at radius 1 is 1.30 bits per heavy atom. The monoisotopic (exact) mass is 275 g/mol. The van der Waals surface area contributed by atoms with Gasteiger partial charge in [0.15, 0.2) is 0 Å². The molecular formula is C16H21NO3. The predicted molar refractivity (Wildman–Crippen MR) is 78.1 cm³/mol. The van der Waals surface area contributed by atoms with Crippen molar-refractivity contribution in [2.75, 3.05) is 20.3 Å². The van der Waals surface area contributed by atoms with Crippen molar-refractivity contribution in [3.63, 3.8) is 0 Å². The minimum atomic E-state index is 0.660. The highest BCUT2D eigenvalue weighted by molar-refractivity contribution is 5.84. The molecule has 0 saturated heterocycles. The number of furan rings is 1. The summed E-state index contributed by atoms with van der Waals surface area (Å²) in [5, 5.41) is 4.56. The summed E-state index contributed by atoms with van der Waals surface area (Å²) in [5.74, 6) is 0.903. The van der Waals surface area contributed by atoms with Crippen molar-refractivity contribution in [2.24, 2.45) is 0 Å². The summed E-state index contributed by atoms with van der Waals surface area (Å²) in [4.78, 5) is 0. The molecule has 0 radical (unpaired) electrons. The molecule has 4 nitrogen and oxygen atoms in total. The molecule has 1 aliphatic carbocycles. The SMILES string of the molecule is COCCCOc1cc(CNC2CC2)cc2occc12. The zero-order valence-electron chi connectivity index (χ0n) is 11.9. The molecular weight excluding hydrogens is 254 g/mol. The van der Waals surface area contributed by atoms with Crippen LogP contribution in [0.2, 0.25) is 0 Å². The predicted octanol–water partition coefficient (Wildman–Crippen LogP) is 3.10. The van der Waals surface area contributed by atoms with E-state index in [1.165, 1.54) is 18.4 Å². The van der Waals surface area contributed by atoms with Gasteiger partial charge in [0.05, 0.1) is 18.3 Å². The highest BCUT2D eigenvalue weighted by Crippen LogP contribution is 2.29. The van der Waals surface area contributed by atoms with Crippen LogP contribution in [0.15, 0.2) is 28.9 Å². The average molecular weight is 275 g/mol. The van der Waals surface area contributed by atoms with Crippen LogP contribution in [0.5, 0.6) is 5.75 Å². The van der Waals surface area contributed by atoms with Gasteiger partial charge in [0.2, 0.25) is 0 Å². The van der Waals surface area contributed by atoms with E-state index in [2.05, 4.69) is 17.4 Å². The van der Waals surface area contributed by atoms with Crippen molar-refractivity contribution in [1.29, 1.82) is 0 Å². The molecule has 1 aliphatic rings. The maximum Gasteiger partial charge on any atom is 0.137 e. The first-order chi connectivity index (χ1) is 9.86. The van der Waals surface area contributed by atoms with E-state index in [0.717, 1.165) is 36.3 Å². The first-order valence-electron chi connectivity index (χ1n) is 7.22. The molecule has 0 atom stereocenters. The number of fused-ring (bicyclic) bond motifs is 1. The van der Waals surface area contributed by atoms with E-state index in [4.69, 9.17) is 13.9 Å². The molecule has 1 aromatic heterocycles. The van der Waals surface area contributed by atoms with Crippen LogP contribution in [-0.4, -0.2) is 26.4 Å². The van der Waals surface area contributed by atoms with Crippen LogP contribution in [0, 0.1) is 0 Å². The average Bonchev–Trinajstić information content (AvgIpc) is 3.17. The molecule has 0 spiro atoms. The Bertz CT molecular complexity index is 560. The summed E-state index contributed by atoms with van der Waals surface area (Å²) >= 11 is 0. The molecule has 0 bridgehead atoms. The van der Waals surface area contributed by atoms with E-state index in [-0.39, 0.29) is 0 Å². The Morgan fingerprint density at radius 2 is 2.20 bits per heavy atom. The Morgan fingerprint density at radius 3 is 3.00 bits per heavy atom. The highest BCUT2D eigenvalue weighted by Gasteiger charge is 2.20. The molecule has 0 unspecified atom stereocenters. The summed E-state index contributed by atoms with van der Waals surface area (Å²) in [7, 11) is 1.71. The summed E-state index contributed by atoms with van der Waals surface area (Å²) in [6, 6.07) is 6.86. The van der Waals surface area contributed by atoms with Crippen LogP contribution in [0.1, 0.15) is 24.8 Å². The number of hydrogen-bond donors (Lipinski definition) is 1. The number of ether oxygens (including phenoxy) is 2. The second-order valence-corrected chi connectivity index (χ2v) is 5.28. The lowest BCUT2D eigenvalue weighted by molar-refractivity contribution is 0.172. The number of methoxy groups -OCH3 is 1. The third kappa shape index (κ3) is 3.32. The fraction of sp³-hybridized carbons (Fsp3) is 0.500. The van der Waals surface area contributed by atoms with E-state index in [1.807, 2.05) is 6.07 Å². The van der Waals surface area contributed by atoms with Gasteiger partial charge in [-0.2, -0.15) is 0 Å². The Kier molecular flexibility index (Phi) is 4.23. The van der Waals surface area contributed by atoms with E-state index >= 15 is 0 Å². The summed E-state index contributed by atoms with van der Waals surface area (Å²) in [5.41, 5.74) is 2.10. The molecule has 4 heteroatoms. The van der Waals surface area contributed by atoms with Gasteiger partial charge in [-0.1, -0.05) is 0 Å². The van der Waals surface area contributed by atoms with E-state index in [1.54, 1.807) is 13.4 Å². The number of rotatable bonds is 8. The first kappa shape index (κ1) is 13.5. The maximum absolute atomic E-state index is 5.88. The van der Waals surface area contributed by atoms with Crippen molar-refractivity contribution in [2.45, 2.75) is 31.8 Å². The molecule has 1 N–H and O–H groups in total. The van der Waals surface area contributed by atoms with Gasteiger partial charge in [0, 0.05) is 32.7 Å². The Hall–Kier alpha value is -1.52. The Labute approximate surface area is 119 Å². The smallest absolute Gasteiger partial charge is 0.137 e.